The lowest BCUT2D eigenvalue weighted by molar-refractivity contribution is 0.459. The van der Waals surface area contributed by atoms with Crippen LogP contribution in [-0.4, -0.2) is 9.97 Å². The first-order chi connectivity index (χ1) is 12.6. The Bertz CT molecular complexity index is 1050. The summed E-state index contributed by atoms with van der Waals surface area (Å²) in [6.45, 7) is 6.42. The molecule has 3 nitrogen and oxygen atoms in total. The standard InChI is InChI=1S/C22H20N2OS/c1-14(2)17-10-9-15(3)11-19(17)25-21-18-12-20(16-7-5-4-6-8-16)26-22(18)24-13-23-21/h4-14H,1-3H3. The topological polar surface area (TPSA) is 35.0 Å². The fourth-order valence-electron chi connectivity index (χ4n) is 2.97. The Labute approximate surface area is 157 Å². The lowest BCUT2D eigenvalue weighted by Crippen LogP contribution is -1.96. The molecule has 0 bridgehead atoms. The van der Waals surface area contributed by atoms with Crippen molar-refractivity contribution in [1.82, 2.24) is 9.97 Å². The molecule has 2 aromatic carbocycles. The number of nitrogens with zero attached hydrogens (tertiary/aromatic N) is 2. The molecule has 0 aliphatic carbocycles. The van der Waals surface area contributed by atoms with Gasteiger partial charge in [0.05, 0.1) is 5.39 Å². The predicted octanol–water partition coefficient (Wildman–Crippen LogP) is 6.58. The van der Waals surface area contributed by atoms with E-state index in [2.05, 4.69) is 67.1 Å². The first kappa shape index (κ1) is 16.7. The van der Waals surface area contributed by atoms with Gasteiger partial charge in [-0.05, 0) is 41.7 Å². The van der Waals surface area contributed by atoms with Gasteiger partial charge in [-0.3, -0.25) is 0 Å². The molecule has 0 fully saturated rings. The normalized spacial score (nSPS) is 11.2. The number of benzene rings is 2. The van der Waals surface area contributed by atoms with Crippen LogP contribution in [0, 0.1) is 6.92 Å². The van der Waals surface area contributed by atoms with Gasteiger partial charge in [0.2, 0.25) is 5.88 Å². The van der Waals surface area contributed by atoms with E-state index >= 15 is 0 Å². The van der Waals surface area contributed by atoms with Gasteiger partial charge >= 0.3 is 0 Å². The van der Waals surface area contributed by atoms with Crippen LogP contribution in [0.4, 0.5) is 0 Å². The summed E-state index contributed by atoms with van der Waals surface area (Å²) in [4.78, 5) is 10.9. The lowest BCUT2D eigenvalue weighted by Gasteiger charge is -2.14. The number of thiophene rings is 1. The SMILES string of the molecule is Cc1ccc(C(C)C)c(Oc2ncnc3sc(-c4ccccc4)cc23)c1. The molecule has 4 rings (SSSR count). The molecule has 0 spiro atoms. The fraction of sp³-hybridized carbons (Fsp3) is 0.182. The van der Waals surface area contributed by atoms with Gasteiger partial charge in [0.1, 0.15) is 16.9 Å². The van der Waals surface area contributed by atoms with Gasteiger partial charge in [-0.1, -0.05) is 56.3 Å². The number of hydrogen-bond donors (Lipinski definition) is 0. The van der Waals surface area contributed by atoms with Gasteiger partial charge in [0.15, 0.2) is 0 Å². The van der Waals surface area contributed by atoms with E-state index in [1.165, 1.54) is 21.6 Å². The Hall–Kier alpha value is -2.72. The average Bonchev–Trinajstić information content (AvgIpc) is 3.08. The quantitative estimate of drug-likeness (QED) is 0.412. The second kappa shape index (κ2) is 6.89. The second-order valence-electron chi connectivity index (χ2n) is 6.67. The molecule has 0 aliphatic heterocycles. The van der Waals surface area contributed by atoms with Crippen molar-refractivity contribution < 1.29 is 4.74 Å². The summed E-state index contributed by atoms with van der Waals surface area (Å²) in [5.41, 5.74) is 3.53. The van der Waals surface area contributed by atoms with Crippen LogP contribution in [0.2, 0.25) is 0 Å². The van der Waals surface area contributed by atoms with Crippen LogP contribution in [0.15, 0.2) is 60.9 Å². The van der Waals surface area contributed by atoms with Crippen molar-refractivity contribution in [2.75, 3.05) is 0 Å². The van der Waals surface area contributed by atoms with Crippen molar-refractivity contribution in [3.05, 3.63) is 72.1 Å². The zero-order valence-corrected chi connectivity index (χ0v) is 15.9. The summed E-state index contributed by atoms with van der Waals surface area (Å²) < 4.78 is 6.27. The van der Waals surface area contributed by atoms with E-state index in [1.54, 1.807) is 17.7 Å². The zero-order chi connectivity index (χ0) is 18.1. The van der Waals surface area contributed by atoms with Crippen molar-refractivity contribution in [3.8, 4) is 22.1 Å². The molecule has 4 heteroatoms. The zero-order valence-electron chi connectivity index (χ0n) is 15.1. The number of fused-ring (bicyclic) bond motifs is 1. The largest absolute Gasteiger partial charge is 0.438 e. The van der Waals surface area contributed by atoms with Crippen LogP contribution in [0.5, 0.6) is 11.6 Å². The second-order valence-corrected chi connectivity index (χ2v) is 7.70. The van der Waals surface area contributed by atoms with Crippen LogP contribution in [-0.2, 0) is 0 Å². The van der Waals surface area contributed by atoms with E-state index in [1.807, 2.05) is 18.2 Å². The maximum atomic E-state index is 6.27. The number of hydrogen-bond acceptors (Lipinski definition) is 4. The van der Waals surface area contributed by atoms with Gasteiger partial charge in [0, 0.05) is 4.88 Å². The molecule has 0 atom stereocenters. The molecule has 0 aliphatic rings. The van der Waals surface area contributed by atoms with Crippen molar-refractivity contribution in [2.24, 2.45) is 0 Å². The van der Waals surface area contributed by atoms with Crippen molar-refractivity contribution in [1.29, 1.82) is 0 Å². The van der Waals surface area contributed by atoms with Gasteiger partial charge in [-0.25, -0.2) is 9.97 Å². The summed E-state index contributed by atoms with van der Waals surface area (Å²) in [7, 11) is 0. The number of aryl methyl sites for hydroxylation is 1. The van der Waals surface area contributed by atoms with Crippen molar-refractivity contribution >= 4 is 21.6 Å². The minimum absolute atomic E-state index is 0.380. The van der Waals surface area contributed by atoms with Gasteiger partial charge in [-0.15, -0.1) is 11.3 Å². The molecule has 0 saturated heterocycles. The van der Waals surface area contributed by atoms with Crippen molar-refractivity contribution in [3.63, 3.8) is 0 Å². The third-order valence-electron chi connectivity index (χ3n) is 4.35. The predicted molar refractivity (Wildman–Crippen MR) is 108 cm³/mol. The monoisotopic (exact) mass is 360 g/mol. The van der Waals surface area contributed by atoms with Crippen LogP contribution in [0.25, 0.3) is 20.7 Å². The van der Waals surface area contributed by atoms with Gasteiger partial charge in [-0.2, -0.15) is 0 Å². The van der Waals surface area contributed by atoms with Crippen LogP contribution in [0.3, 0.4) is 0 Å². The van der Waals surface area contributed by atoms with E-state index in [9.17, 15) is 0 Å². The van der Waals surface area contributed by atoms with Crippen molar-refractivity contribution in [2.45, 2.75) is 26.7 Å². The molecular weight excluding hydrogens is 340 g/mol. The maximum absolute atomic E-state index is 6.27. The van der Waals surface area contributed by atoms with E-state index in [0.29, 0.717) is 11.8 Å². The third kappa shape index (κ3) is 3.20. The highest BCUT2D eigenvalue weighted by Gasteiger charge is 2.14. The number of rotatable bonds is 4. The molecule has 2 aromatic heterocycles. The van der Waals surface area contributed by atoms with E-state index in [-0.39, 0.29) is 0 Å². The van der Waals surface area contributed by atoms with E-state index < -0.39 is 0 Å². The van der Waals surface area contributed by atoms with Gasteiger partial charge < -0.3 is 4.74 Å². The molecule has 26 heavy (non-hydrogen) atoms. The lowest BCUT2D eigenvalue weighted by atomic mass is 10.0. The van der Waals surface area contributed by atoms with E-state index in [0.717, 1.165) is 16.0 Å². The maximum Gasteiger partial charge on any atom is 0.231 e. The molecule has 0 radical (unpaired) electrons. The molecular formula is C22H20N2OS. The minimum Gasteiger partial charge on any atom is -0.438 e. The summed E-state index contributed by atoms with van der Waals surface area (Å²) >= 11 is 1.66. The Morgan fingerprint density at radius 2 is 1.77 bits per heavy atom. The Morgan fingerprint density at radius 1 is 0.962 bits per heavy atom. The minimum atomic E-state index is 0.380. The first-order valence-electron chi connectivity index (χ1n) is 8.70. The number of aromatic nitrogens is 2. The molecule has 0 unspecified atom stereocenters. The molecule has 0 amide bonds. The summed E-state index contributed by atoms with van der Waals surface area (Å²) in [5.74, 6) is 1.86. The highest BCUT2D eigenvalue weighted by atomic mass is 32.1. The summed E-state index contributed by atoms with van der Waals surface area (Å²) in [5, 5.41) is 0.951. The van der Waals surface area contributed by atoms with Crippen LogP contribution in [0.1, 0.15) is 30.9 Å². The number of ether oxygens (including phenoxy) is 1. The Kier molecular flexibility index (Phi) is 4.43. The first-order valence-corrected chi connectivity index (χ1v) is 9.52. The van der Waals surface area contributed by atoms with Crippen LogP contribution < -0.4 is 4.74 Å². The van der Waals surface area contributed by atoms with Gasteiger partial charge in [0.25, 0.3) is 0 Å². The Balaban J connectivity index is 1.79. The molecule has 2 heterocycles. The third-order valence-corrected chi connectivity index (χ3v) is 5.44. The molecule has 0 saturated carbocycles. The Morgan fingerprint density at radius 3 is 2.54 bits per heavy atom. The highest BCUT2D eigenvalue weighted by molar-refractivity contribution is 7.21. The smallest absolute Gasteiger partial charge is 0.231 e. The van der Waals surface area contributed by atoms with E-state index in [4.69, 9.17) is 4.74 Å². The fourth-order valence-corrected chi connectivity index (χ4v) is 3.97. The molecule has 130 valence electrons. The highest BCUT2D eigenvalue weighted by Crippen LogP contribution is 2.38. The average molecular weight is 360 g/mol. The molecule has 0 N–H and O–H groups in total. The summed E-state index contributed by atoms with van der Waals surface area (Å²) in [6, 6.07) is 18.8. The van der Waals surface area contributed by atoms with Crippen LogP contribution >= 0.6 is 11.3 Å². The summed E-state index contributed by atoms with van der Waals surface area (Å²) in [6.07, 6.45) is 1.58. The molecule has 4 aromatic rings.